The van der Waals surface area contributed by atoms with Crippen molar-refractivity contribution < 1.29 is 4.79 Å². The van der Waals surface area contributed by atoms with E-state index in [0.717, 1.165) is 45.4 Å². The minimum atomic E-state index is 0.00576. The van der Waals surface area contributed by atoms with Gasteiger partial charge in [-0.2, -0.15) is 0 Å². The molecule has 0 radical (unpaired) electrons. The van der Waals surface area contributed by atoms with E-state index in [1.807, 2.05) is 19.0 Å². The van der Waals surface area contributed by atoms with Gasteiger partial charge in [-0.1, -0.05) is 30.3 Å². The Morgan fingerprint density at radius 3 is 2.63 bits per heavy atom. The number of carbonyl (C=O) groups is 1. The molecule has 6 heteroatoms. The molecule has 3 rings (SSSR count). The number of likely N-dealkylation sites (tertiary alicyclic amines) is 1. The fourth-order valence-electron chi connectivity index (χ4n) is 3.40. The van der Waals surface area contributed by atoms with Crippen molar-refractivity contribution >= 4 is 11.9 Å². The lowest BCUT2D eigenvalue weighted by molar-refractivity contribution is 0.0684. The number of carbonyl (C=O) groups excluding carboxylic acids is 1. The lowest BCUT2D eigenvalue weighted by atomic mass is 9.90. The highest BCUT2D eigenvalue weighted by Gasteiger charge is 2.24. The van der Waals surface area contributed by atoms with E-state index in [1.165, 1.54) is 5.56 Å². The molecule has 1 aromatic carbocycles. The Bertz CT molecular complexity index is 726. The molecule has 0 atom stereocenters. The first-order valence-electron chi connectivity index (χ1n) is 9.66. The molecule has 2 heterocycles. The van der Waals surface area contributed by atoms with Gasteiger partial charge in [-0.25, -0.2) is 9.97 Å². The standard InChI is InChI=1S/C21H29N5O/c1-25(2)15-12-23-21-22-11-8-19(24-21)20(27)26-13-9-18(10-14-26)16-17-6-4-3-5-7-17/h3-8,11,18H,9-10,12-16H2,1-2H3,(H,22,23,24). The molecule has 6 nitrogen and oxygen atoms in total. The van der Waals surface area contributed by atoms with Crippen LogP contribution in [0, 0.1) is 5.92 Å². The van der Waals surface area contributed by atoms with Crippen molar-refractivity contribution in [2.75, 3.05) is 45.6 Å². The van der Waals surface area contributed by atoms with Crippen molar-refractivity contribution in [2.45, 2.75) is 19.3 Å². The zero-order chi connectivity index (χ0) is 19.1. The van der Waals surface area contributed by atoms with Crippen LogP contribution in [0.25, 0.3) is 0 Å². The molecule has 0 saturated carbocycles. The van der Waals surface area contributed by atoms with Gasteiger partial charge in [0.25, 0.3) is 5.91 Å². The van der Waals surface area contributed by atoms with E-state index in [2.05, 4.69) is 50.5 Å². The number of nitrogens with one attached hydrogen (secondary N) is 1. The second-order valence-electron chi connectivity index (χ2n) is 7.42. The summed E-state index contributed by atoms with van der Waals surface area (Å²) in [5.74, 6) is 1.16. The number of hydrogen-bond acceptors (Lipinski definition) is 5. The van der Waals surface area contributed by atoms with Crippen molar-refractivity contribution in [3.8, 4) is 0 Å². The van der Waals surface area contributed by atoms with E-state index < -0.39 is 0 Å². The molecule has 1 amide bonds. The first-order chi connectivity index (χ1) is 13.1. The number of likely N-dealkylation sites (N-methyl/N-ethyl adjacent to an activating group) is 1. The van der Waals surface area contributed by atoms with Gasteiger partial charge in [0.15, 0.2) is 0 Å². The molecule has 144 valence electrons. The maximum absolute atomic E-state index is 12.8. The second-order valence-corrected chi connectivity index (χ2v) is 7.42. The average molecular weight is 367 g/mol. The van der Waals surface area contributed by atoms with E-state index >= 15 is 0 Å². The van der Waals surface area contributed by atoms with Gasteiger partial charge in [0.1, 0.15) is 5.69 Å². The highest BCUT2D eigenvalue weighted by Crippen LogP contribution is 2.22. The van der Waals surface area contributed by atoms with Crippen LogP contribution in [-0.2, 0) is 6.42 Å². The number of benzene rings is 1. The minimum absolute atomic E-state index is 0.00576. The van der Waals surface area contributed by atoms with Gasteiger partial charge in [0, 0.05) is 32.4 Å². The number of nitrogens with zero attached hydrogens (tertiary/aromatic N) is 4. The first kappa shape index (κ1) is 19.3. The van der Waals surface area contributed by atoms with Crippen LogP contribution in [0.2, 0.25) is 0 Å². The maximum Gasteiger partial charge on any atom is 0.272 e. The summed E-state index contributed by atoms with van der Waals surface area (Å²) < 4.78 is 0. The topological polar surface area (TPSA) is 61.4 Å². The van der Waals surface area contributed by atoms with Crippen LogP contribution in [0.1, 0.15) is 28.9 Å². The Morgan fingerprint density at radius 2 is 1.93 bits per heavy atom. The van der Waals surface area contributed by atoms with E-state index in [9.17, 15) is 4.79 Å². The summed E-state index contributed by atoms with van der Waals surface area (Å²) in [4.78, 5) is 25.4. The van der Waals surface area contributed by atoms with Gasteiger partial charge >= 0.3 is 0 Å². The van der Waals surface area contributed by atoms with Crippen LogP contribution >= 0.6 is 0 Å². The van der Waals surface area contributed by atoms with Crippen molar-refractivity contribution in [1.29, 1.82) is 0 Å². The number of aromatic nitrogens is 2. The van der Waals surface area contributed by atoms with E-state index in [-0.39, 0.29) is 5.91 Å². The number of piperidine rings is 1. The molecule has 1 aliphatic rings. The molecule has 1 N–H and O–H groups in total. The quantitative estimate of drug-likeness (QED) is 0.815. The average Bonchev–Trinajstić information content (AvgIpc) is 2.69. The van der Waals surface area contributed by atoms with Gasteiger partial charge in [-0.05, 0) is 50.9 Å². The monoisotopic (exact) mass is 367 g/mol. The van der Waals surface area contributed by atoms with Gasteiger partial charge in [-0.15, -0.1) is 0 Å². The predicted molar refractivity (Wildman–Crippen MR) is 108 cm³/mol. The van der Waals surface area contributed by atoms with Gasteiger partial charge in [0.05, 0.1) is 0 Å². The molecule has 0 aliphatic carbocycles. The fraction of sp³-hybridized carbons (Fsp3) is 0.476. The number of hydrogen-bond donors (Lipinski definition) is 1. The normalized spacial score (nSPS) is 15.1. The number of rotatable bonds is 7. The molecular weight excluding hydrogens is 338 g/mol. The number of anilines is 1. The fourth-order valence-corrected chi connectivity index (χ4v) is 3.40. The highest BCUT2D eigenvalue weighted by atomic mass is 16.2. The van der Waals surface area contributed by atoms with Crippen LogP contribution < -0.4 is 5.32 Å². The van der Waals surface area contributed by atoms with Crippen LogP contribution in [0.3, 0.4) is 0 Å². The third-order valence-corrected chi connectivity index (χ3v) is 4.99. The van der Waals surface area contributed by atoms with Gasteiger partial charge in [0.2, 0.25) is 5.95 Å². The van der Waals surface area contributed by atoms with Crippen molar-refractivity contribution in [3.63, 3.8) is 0 Å². The zero-order valence-electron chi connectivity index (χ0n) is 16.3. The van der Waals surface area contributed by atoms with Gasteiger partial charge < -0.3 is 15.1 Å². The van der Waals surface area contributed by atoms with E-state index in [1.54, 1.807) is 12.3 Å². The maximum atomic E-state index is 12.8. The molecule has 0 bridgehead atoms. The first-order valence-corrected chi connectivity index (χ1v) is 9.66. The van der Waals surface area contributed by atoms with Gasteiger partial charge in [-0.3, -0.25) is 4.79 Å². The zero-order valence-corrected chi connectivity index (χ0v) is 16.3. The highest BCUT2D eigenvalue weighted by molar-refractivity contribution is 5.92. The third-order valence-electron chi connectivity index (χ3n) is 4.99. The second kappa shape index (κ2) is 9.46. The van der Waals surface area contributed by atoms with Crippen molar-refractivity contribution in [3.05, 3.63) is 53.9 Å². The summed E-state index contributed by atoms with van der Waals surface area (Å²) in [5.41, 5.74) is 1.85. The molecule has 1 saturated heterocycles. The lowest BCUT2D eigenvalue weighted by Gasteiger charge is -2.32. The Kier molecular flexibility index (Phi) is 6.76. The van der Waals surface area contributed by atoms with E-state index in [4.69, 9.17) is 0 Å². The summed E-state index contributed by atoms with van der Waals surface area (Å²) >= 11 is 0. The summed E-state index contributed by atoms with van der Waals surface area (Å²) in [6.07, 6.45) is 4.83. The molecule has 1 aromatic heterocycles. The Balaban J connectivity index is 1.51. The third kappa shape index (κ3) is 5.76. The smallest absolute Gasteiger partial charge is 0.272 e. The molecular formula is C21H29N5O. The molecule has 1 fully saturated rings. The summed E-state index contributed by atoms with van der Waals surface area (Å²) in [7, 11) is 4.04. The lowest BCUT2D eigenvalue weighted by Crippen LogP contribution is -2.39. The summed E-state index contributed by atoms with van der Waals surface area (Å²) in [6, 6.07) is 12.3. The van der Waals surface area contributed by atoms with Crippen molar-refractivity contribution in [2.24, 2.45) is 5.92 Å². The van der Waals surface area contributed by atoms with Crippen LogP contribution in [0.5, 0.6) is 0 Å². The van der Waals surface area contributed by atoms with Crippen LogP contribution in [0.4, 0.5) is 5.95 Å². The molecule has 0 spiro atoms. The summed E-state index contributed by atoms with van der Waals surface area (Å²) in [6.45, 7) is 3.22. The Labute approximate surface area is 161 Å². The molecule has 2 aromatic rings. The number of amides is 1. The Hall–Kier alpha value is -2.47. The van der Waals surface area contributed by atoms with Crippen LogP contribution in [-0.4, -0.2) is 65.9 Å². The SMILES string of the molecule is CN(C)CCNc1nccc(C(=O)N2CCC(Cc3ccccc3)CC2)n1. The molecule has 0 unspecified atom stereocenters. The minimum Gasteiger partial charge on any atom is -0.353 e. The predicted octanol–water partition coefficient (Wildman–Crippen LogP) is 2.55. The largest absolute Gasteiger partial charge is 0.353 e. The van der Waals surface area contributed by atoms with Crippen LogP contribution in [0.15, 0.2) is 42.6 Å². The van der Waals surface area contributed by atoms with Crippen molar-refractivity contribution in [1.82, 2.24) is 19.8 Å². The molecule has 1 aliphatic heterocycles. The molecule has 27 heavy (non-hydrogen) atoms. The Morgan fingerprint density at radius 1 is 1.19 bits per heavy atom. The van der Waals surface area contributed by atoms with E-state index in [0.29, 0.717) is 17.6 Å². The summed E-state index contributed by atoms with van der Waals surface area (Å²) in [5, 5.41) is 3.17.